The summed E-state index contributed by atoms with van der Waals surface area (Å²) in [5.74, 6) is -1.25. The van der Waals surface area contributed by atoms with Gasteiger partial charge in [0.2, 0.25) is 0 Å². The van der Waals surface area contributed by atoms with Crippen LogP contribution in [0.15, 0.2) is 0 Å². The first-order chi connectivity index (χ1) is 6.60. The maximum absolute atomic E-state index is 10.8. The molecule has 5 heteroatoms. The number of carbonyl (C=O) groups is 1. The Hall–Kier alpha value is -1.65. The van der Waals surface area contributed by atoms with Crippen LogP contribution in [-0.4, -0.2) is 23.0 Å². The molecule has 14 heavy (non-hydrogen) atoms. The van der Waals surface area contributed by atoms with Gasteiger partial charge in [0.1, 0.15) is 0 Å². The molecule has 0 aliphatic rings. The van der Waals surface area contributed by atoms with Crippen LogP contribution < -0.4 is 9.84 Å². The molecular formula is C9H11N2O3-. The van der Waals surface area contributed by atoms with Crippen LogP contribution in [0.1, 0.15) is 28.7 Å². The average molecular weight is 195 g/mol. The number of carbonyl (C=O) groups excluding carboxylic acids is 1. The number of nitrogens with zero attached hydrogens (tertiary/aromatic N) is 2. The van der Waals surface area contributed by atoms with Crippen LogP contribution in [0.4, 0.5) is 0 Å². The molecule has 1 aromatic heterocycles. The molecule has 0 spiro atoms. The molecule has 0 aromatic carbocycles. The minimum absolute atomic E-state index is 0.0632. The molecule has 0 unspecified atom stereocenters. The zero-order chi connectivity index (χ0) is 10.7. The predicted octanol–water partition coefficient (Wildman–Crippen LogP) is -0.280. The Balaban J connectivity index is 3.34. The number of aryl methyl sites for hydroxylation is 2. The lowest BCUT2D eigenvalue weighted by atomic mass is 10.1. The molecule has 5 nitrogen and oxygen atoms in total. The Morgan fingerprint density at radius 2 is 2.14 bits per heavy atom. The van der Waals surface area contributed by atoms with E-state index in [1.165, 1.54) is 7.11 Å². The van der Waals surface area contributed by atoms with Crippen LogP contribution in [0.25, 0.3) is 0 Å². The smallest absolute Gasteiger partial charge is 0.316 e. The van der Waals surface area contributed by atoms with E-state index >= 15 is 0 Å². The van der Waals surface area contributed by atoms with E-state index < -0.39 is 5.97 Å². The van der Waals surface area contributed by atoms with Gasteiger partial charge in [0.25, 0.3) is 0 Å². The highest BCUT2D eigenvalue weighted by Crippen LogP contribution is 2.14. The summed E-state index contributed by atoms with van der Waals surface area (Å²) in [6, 6.07) is 0.185. The molecule has 1 rings (SSSR count). The third-order valence-corrected chi connectivity index (χ3v) is 1.87. The van der Waals surface area contributed by atoms with Gasteiger partial charge in [0.15, 0.2) is 0 Å². The van der Waals surface area contributed by atoms with Crippen LogP contribution in [0.5, 0.6) is 6.01 Å². The van der Waals surface area contributed by atoms with Gasteiger partial charge in [-0.1, -0.05) is 6.92 Å². The number of aromatic carboxylic acids is 1. The van der Waals surface area contributed by atoms with Crippen LogP contribution in [0.3, 0.4) is 0 Å². The molecule has 76 valence electrons. The third-order valence-electron chi connectivity index (χ3n) is 1.87. The van der Waals surface area contributed by atoms with Gasteiger partial charge in [0.05, 0.1) is 24.5 Å². The molecule has 1 aromatic rings. The Morgan fingerprint density at radius 3 is 2.57 bits per heavy atom. The Kier molecular flexibility index (Phi) is 3.01. The van der Waals surface area contributed by atoms with E-state index in [1.807, 2.05) is 6.92 Å². The number of carboxylic acids is 1. The molecule has 0 aliphatic heterocycles. The average Bonchev–Trinajstić information content (AvgIpc) is 2.15. The topological polar surface area (TPSA) is 75.1 Å². The highest BCUT2D eigenvalue weighted by Gasteiger charge is 2.11. The fourth-order valence-electron chi connectivity index (χ4n) is 1.22. The minimum atomic E-state index is -1.25. The van der Waals surface area contributed by atoms with Crippen molar-refractivity contribution >= 4 is 5.97 Å². The van der Waals surface area contributed by atoms with Crippen molar-refractivity contribution in [2.75, 3.05) is 7.11 Å². The fraction of sp³-hybridized carbons (Fsp3) is 0.444. The van der Waals surface area contributed by atoms with Crippen molar-refractivity contribution in [2.24, 2.45) is 0 Å². The predicted molar refractivity (Wildman–Crippen MR) is 47.0 cm³/mol. The molecule has 0 atom stereocenters. The summed E-state index contributed by atoms with van der Waals surface area (Å²) in [7, 11) is 1.44. The molecule has 0 aliphatic carbocycles. The number of hydrogen-bond acceptors (Lipinski definition) is 5. The lowest BCUT2D eigenvalue weighted by molar-refractivity contribution is -0.255. The van der Waals surface area contributed by atoms with Gasteiger partial charge in [-0.15, -0.1) is 0 Å². The molecule has 0 fully saturated rings. The summed E-state index contributed by atoms with van der Waals surface area (Å²) >= 11 is 0. The molecule has 0 bridgehead atoms. The van der Waals surface area contributed by atoms with Crippen LogP contribution in [0.2, 0.25) is 0 Å². The number of hydrogen-bond donors (Lipinski definition) is 0. The SMILES string of the molecule is CCc1nc(OC)nc(C)c1C(=O)[O-]. The van der Waals surface area contributed by atoms with E-state index in [9.17, 15) is 9.90 Å². The lowest BCUT2D eigenvalue weighted by Gasteiger charge is -2.11. The maximum Gasteiger partial charge on any atom is 0.316 e. The first-order valence-electron chi connectivity index (χ1n) is 4.23. The monoisotopic (exact) mass is 195 g/mol. The minimum Gasteiger partial charge on any atom is -0.545 e. The quantitative estimate of drug-likeness (QED) is 0.663. The zero-order valence-corrected chi connectivity index (χ0v) is 8.33. The second-order valence-electron chi connectivity index (χ2n) is 2.76. The molecule has 1 heterocycles. The first-order valence-corrected chi connectivity index (χ1v) is 4.23. The maximum atomic E-state index is 10.8. The van der Waals surface area contributed by atoms with E-state index in [4.69, 9.17) is 4.74 Å². The fourth-order valence-corrected chi connectivity index (χ4v) is 1.22. The van der Waals surface area contributed by atoms with E-state index in [1.54, 1.807) is 6.92 Å². The second-order valence-corrected chi connectivity index (χ2v) is 2.76. The highest BCUT2D eigenvalue weighted by atomic mass is 16.5. The van der Waals surface area contributed by atoms with Crippen LogP contribution >= 0.6 is 0 Å². The molecular weight excluding hydrogens is 184 g/mol. The standard InChI is InChI=1S/C9H12N2O3/c1-4-6-7(8(12)13)5(2)10-9(11-6)14-3/h4H2,1-3H3,(H,12,13)/p-1. The number of methoxy groups -OCH3 is 1. The van der Waals surface area contributed by atoms with Crippen molar-refractivity contribution in [1.82, 2.24) is 9.97 Å². The number of ether oxygens (including phenoxy) is 1. The first kappa shape index (κ1) is 10.4. The van der Waals surface area contributed by atoms with E-state index in [2.05, 4.69) is 9.97 Å². The van der Waals surface area contributed by atoms with Crippen molar-refractivity contribution < 1.29 is 14.6 Å². The summed E-state index contributed by atoms with van der Waals surface area (Å²) in [6.45, 7) is 3.40. The van der Waals surface area contributed by atoms with Gasteiger partial charge in [0, 0.05) is 5.56 Å². The van der Waals surface area contributed by atoms with Gasteiger partial charge >= 0.3 is 6.01 Å². The van der Waals surface area contributed by atoms with E-state index in [-0.39, 0.29) is 11.6 Å². The molecule has 0 radical (unpaired) electrons. The zero-order valence-electron chi connectivity index (χ0n) is 8.33. The van der Waals surface area contributed by atoms with Crippen molar-refractivity contribution in [3.63, 3.8) is 0 Å². The van der Waals surface area contributed by atoms with Gasteiger partial charge in [-0.2, -0.15) is 9.97 Å². The highest BCUT2D eigenvalue weighted by molar-refractivity contribution is 5.88. The summed E-state index contributed by atoms with van der Waals surface area (Å²) in [5.41, 5.74) is 0.872. The van der Waals surface area contributed by atoms with Crippen molar-refractivity contribution in [3.05, 3.63) is 17.0 Å². The van der Waals surface area contributed by atoms with Gasteiger partial charge in [-0.05, 0) is 13.3 Å². The molecule has 0 saturated heterocycles. The van der Waals surface area contributed by atoms with Gasteiger partial charge in [-0.25, -0.2) is 0 Å². The van der Waals surface area contributed by atoms with Crippen molar-refractivity contribution in [2.45, 2.75) is 20.3 Å². The number of carboxylic acid groups (broad SMARTS) is 1. The second kappa shape index (κ2) is 4.04. The number of rotatable bonds is 3. The van der Waals surface area contributed by atoms with E-state index in [0.717, 1.165) is 0 Å². The molecule has 0 amide bonds. The normalized spacial score (nSPS) is 9.93. The van der Waals surface area contributed by atoms with Crippen molar-refractivity contribution in [3.8, 4) is 6.01 Å². The van der Waals surface area contributed by atoms with E-state index in [0.29, 0.717) is 17.8 Å². The summed E-state index contributed by atoms with van der Waals surface area (Å²) in [5, 5.41) is 10.8. The lowest BCUT2D eigenvalue weighted by Crippen LogP contribution is -2.26. The summed E-state index contributed by atoms with van der Waals surface area (Å²) in [6.07, 6.45) is 0.503. The molecule has 0 N–H and O–H groups in total. The van der Waals surface area contributed by atoms with Crippen LogP contribution in [-0.2, 0) is 6.42 Å². The third kappa shape index (κ3) is 1.81. The Morgan fingerprint density at radius 1 is 1.50 bits per heavy atom. The Labute approximate surface area is 81.8 Å². The largest absolute Gasteiger partial charge is 0.545 e. The molecule has 0 saturated carbocycles. The van der Waals surface area contributed by atoms with Gasteiger partial charge < -0.3 is 14.6 Å². The number of aromatic nitrogens is 2. The van der Waals surface area contributed by atoms with Crippen LogP contribution in [0, 0.1) is 6.92 Å². The van der Waals surface area contributed by atoms with Gasteiger partial charge in [-0.3, -0.25) is 0 Å². The van der Waals surface area contributed by atoms with Crippen molar-refractivity contribution in [1.29, 1.82) is 0 Å². The summed E-state index contributed by atoms with van der Waals surface area (Å²) < 4.78 is 4.84. The Bertz CT molecular complexity index is 363. The summed E-state index contributed by atoms with van der Waals surface area (Å²) in [4.78, 5) is 18.6.